The first-order valence-corrected chi connectivity index (χ1v) is 11.5. The first-order valence-electron chi connectivity index (χ1n) is 11.5. The zero-order valence-electron chi connectivity index (χ0n) is 19.6. The van der Waals surface area contributed by atoms with Gasteiger partial charge in [0.1, 0.15) is 11.6 Å². The molecule has 1 aliphatic rings. The Hall–Kier alpha value is -2.47. The predicted octanol–water partition coefficient (Wildman–Crippen LogP) is 5.13. The molecule has 6 heteroatoms. The molecule has 0 aliphatic heterocycles. The van der Waals surface area contributed by atoms with E-state index in [-0.39, 0.29) is 5.41 Å². The van der Waals surface area contributed by atoms with Crippen LogP contribution in [-0.2, 0) is 6.54 Å². The molecule has 166 valence electrons. The second kappa shape index (κ2) is 8.95. The van der Waals surface area contributed by atoms with Crippen LogP contribution in [0.3, 0.4) is 0 Å². The molecule has 1 saturated carbocycles. The number of rotatable bonds is 7. The molecule has 1 fully saturated rings. The molecule has 0 atom stereocenters. The Morgan fingerprint density at radius 3 is 2.42 bits per heavy atom. The van der Waals surface area contributed by atoms with E-state index in [2.05, 4.69) is 67.0 Å². The van der Waals surface area contributed by atoms with Crippen LogP contribution in [0.1, 0.15) is 51.8 Å². The average molecular weight is 421 g/mol. The Kier molecular flexibility index (Phi) is 6.28. The van der Waals surface area contributed by atoms with Crippen LogP contribution in [0, 0.1) is 12.3 Å². The molecule has 31 heavy (non-hydrogen) atoms. The van der Waals surface area contributed by atoms with Crippen LogP contribution in [-0.4, -0.2) is 51.1 Å². The van der Waals surface area contributed by atoms with Gasteiger partial charge in [-0.05, 0) is 39.3 Å². The molecule has 2 aromatic heterocycles. The molecule has 3 aromatic rings. The van der Waals surface area contributed by atoms with Gasteiger partial charge in [0.2, 0.25) is 0 Å². The Bertz CT molecular complexity index is 1020. The lowest BCUT2D eigenvalue weighted by atomic mass is 9.92. The van der Waals surface area contributed by atoms with E-state index in [1.54, 1.807) is 0 Å². The van der Waals surface area contributed by atoms with Crippen molar-refractivity contribution in [2.24, 2.45) is 5.41 Å². The zero-order valence-corrected chi connectivity index (χ0v) is 19.6. The second-order valence-electron chi connectivity index (χ2n) is 10.1. The first-order chi connectivity index (χ1) is 14.8. The van der Waals surface area contributed by atoms with Crippen LogP contribution >= 0.6 is 0 Å². The van der Waals surface area contributed by atoms with Crippen molar-refractivity contribution in [2.75, 3.05) is 26.0 Å². The van der Waals surface area contributed by atoms with Crippen molar-refractivity contribution in [3.63, 3.8) is 0 Å². The third kappa shape index (κ3) is 5.06. The molecular weight excluding hydrogens is 384 g/mol. The monoisotopic (exact) mass is 420 g/mol. The van der Waals surface area contributed by atoms with Gasteiger partial charge in [0, 0.05) is 24.7 Å². The summed E-state index contributed by atoms with van der Waals surface area (Å²) < 4.78 is 2.30. The number of imidazole rings is 1. The number of nitrogens with zero attached hydrogens (tertiary/aromatic N) is 5. The minimum atomic E-state index is 0.0659. The van der Waals surface area contributed by atoms with E-state index < -0.39 is 0 Å². The van der Waals surface area contributed by atoms with Gasteiger partial charge in [-0.3, -0.25) is 0 Å². The van der Waals surface area contributed by atoms with E-state index in [4.69, 9.17) is 15.0 Å². The molecule has 1 aromatic carbocycles. The third-order valence-electron chi connectivity index (χ3n) is 6.01. The van der Waals surface area contributed by atoms with Crippen molar-refractivity contribution < 1.29 is 0 Å². The molecule has 0 amide bonds. The lowest BCUT2D eigenvalue weighted by molar-refractivity contribution is 0.213. The van der Waals surface area contributed by atoms with E-state index >= 15 is 0 Å². The number of nitrogens with one attached hydrogen (secondary N) is 1. The summed E-state index contributed by atoms with van der Waals surface area (Å²) in [7, 11) is 4.26. The van der Waals surface area contributed by atoms with E-state index in [1.165, 1.54) is 32.1 Å². The quantitative estimate of drug-likeness (QED) is 0.574. The normalized spacial score (nSPS) is 15.7. The molecule has 0 bridgehead atoms. The Morgan fingerprint density at radius 2 is 1.74 bits per heavy atom. The molecule has 0 unspecified atom stereocenters. The van der Waals surface area contributed by atoms with Gasteiger partial charge in [0.05, 0.1) is 0 Å². The summed E-state index contributed by atoms with van der Waals surface area (Å²) in [5.74, 6) is 2.64. The van der Waals surface area contributed by atoms with E-state index in [0.29, 0.717) is 6.04 Å². The maximum atomic E-state index is 5.11. The summed E-state index contributed by atoms with van der Waals surface area (Å²) in [6, 6.07) is 10.9. The maximum absolute atomic E-state index is 5.11. The van der Waals surface area contributed by atoms with Crippen molar-refractivity contribution in [1.29, 1.82) is 0 Å². The summed E-state index contributed by atoms with van der Waals surface area (Å²) >= 11 is 0. The predicted molar refractivity (Wildman–Crippen MR) is 128 cm³/mol. The minimum Gasteiger partial charge on any atom is -0.365 e. The van der Waals surface area contributed by atoms with Crippen LogP contribution in [0.5, 0.6) is 0 Å². The highest BCUT2D eigenvalue weighted by atomic mass is 15.2. The zero-order chi connectivity index (χ0) is 22.0. The molecule has 0 spiro atoms. The Morgan fingerprint density at radius 1 is 1.03 bits per heavy atom. The highest BCUT2D eigenvalue weighted by Gasteiger charge is 2.26. The van der Waals surface area contributed by atoms with E-state index in [9.17, 15) is 0 Å². The van der Waals surface area contributed by atoms with Crippen molar-refractivity contribution in [3.8, 4) is 11.4 Å². The number of benzene rings is 1. The van der Waals surface area contributed by atoms with Crippen molar-refractivity contribution in [2.45, 2.75) is 65.5 Å². The second-order valence-corrected chi connectivity index (χ2v) is 10.1. The number of hydrogen-bond donors (Lipinski definition) is 1. The topological polar surface area (TPSA) is 58.9 Å². The van der Waals surface area contributed by atoms with Crippen LogP contribution in [0.25, 0.3) is 22.6 Å². The van der Waals surface area contributed by atoms with Gasteiger partial charge in [0.25, 0.3) is 0 Å². The molecule has 0 radical (unpaired) electrons. The van der Waals surface area contributed by atoms with Gasteiger partial charge in [-0.25, -0.2) is 15.0 Å². The smallest absolute Gasteiger partial charge is 0.166 e. The van der Waals surface area contributed by atoms with Crippen LogP contribution in [0.15, 0.2) is 30.3 Å². The van der Waals surface area contributed by atoms with Crippen molar-refractivity contribution >= 4 is 17.0 Å². The summed E-state index contributed by atoms with van der Waals surface area (Å²) in [6.45, 7) is 8.42. The lowest BCUT2D eigenvalue weighted by Gasteiger charge is -2.29. The number of aromatic nitrogens is 4. The van der Waals surface area contributed by atoms with Crippen LogP contribution in [0.2, 0.25) is 0 Å². The highest BCUT2D eigenvalue weighted by molar-refractivity contribution is 5.86. The van der Waals surface area contributed by atoms with Gasteiger partial charge in [0.15, 0.2) is 17.0 Å². The third-order valence-corrected chi connectivity index (χ3v) is 6.01. The Labute approximate surface area is 186 Å². The van der Waals surface area contributed by atoms with E-state index in [0.717, 1.165) is 47.3 Å². The van der Waals surface area contributed by atoms with Crippen LogP contribution in [0.4, 0.5) is 5.82 Å². The van der Waals surface area contributed by atoms with Gasteiger partial charge >= 0.3 is 0 Å². The van der Waals surface area contributed by atoms with Gasteiger partial charge in [-0.1, -0.05) is 63.4 Å². The number of anilines is 1. The maximum Gasteiger partial charge on any atom is 0.166 e. The van der Waals surface area contributed by atoms with Crippen LogP contribution < -0.4 is 5.32 Å². The molecule has 1 aliphatic carbocycles. The largest absolute Gasteiger partial charge is 0.365 e. The molecule has 4 rings (SSSR count). The summed E-state index contributed by atoms with van der Waals surface area (Å²) in [5.41, 5.74) is 2.99. The van der Waals surface area contributed by atoms with Gasteiger partial charge < -0.3 is 14.8 Å². The van der Waals surface area contributed by atoms with Gasteiger partial charge in [-0.15, -0.1) is 0 Å². The summed E-state index contributed by atoms with van der Waals surface area (Å²) in [6.07, 6.45) is 6.31. The molecule has 1 N–H and O–H groups in total. The Balaban J connectivity index is 1.82. The fourth-order valence-electron chi connectivity index (χ4n) is 4.94. The molecule has 6 nitrogen and oxygen atoms in total. The highest BCUT2D eigenvalue weighted by Crippen LogP contribution is 2.32. The molecule has 2 heterocycles. The minimum absolute atomic E-state index is 0.0659. The number of hydrogen-bond acceptors (Lipinski definition) is 5. The fourth-order valence-corrected chi connectivity index (χ4v) is 4.94. The first kappa shape index (κ1) is 21.8. The SMILES string of the molecule is Cc1nc(NC2CCCCC2)c2nc(-c3ccccc3)n(CC(C)(C)CN(C)C)c2n1. The molecule has 0 saturated heterocycles. The standard InChI is InChI=1S/C25H36N6/c1-18-26-22(28-20-14-10-7-11-15-20)21-24(27-18)31(17-25(2,3)16-30(4)5)23(29-21)19-12-8-6-9-13-19/h6,8-9,12-13,20H,7,10-11,14-17H2,1-5H3,(H,26,27,28). The lowest BCUT2D eigenvalue weighted by Crippen LogP contribution is -2.32. The molecular formula is C25H36N6. The summed E-state index contributed by atoms with van der Waals surface area (Å²) in [5, 5.41) is 3.72. The summed E-state index contributed by atoms with van der Waals surface area (Å²) in [4.78, 5) is 17.0. The fraction of sp³-hybridized carbons (Fsp3) is 0.560. The van der Waals surface area contributed by atoms with Crippen molar-refractivity contribution in [1.82, 2.24) is 24.4 Å². The van der Waals surface area contributed by atoms with Gasteiger partial charge in [-0.2, -0.15) is 0 Å². The number of aryl methyl sites for hydroxylation is 1. The number of fused-ring (bicyclic) bond motifs is 1. The van der Waals surface area contributed by atoms with E-state index in [1.807, 2.05) is 13.0 Å². The van der Waals surface area contributed by atoms with Crippen molar-refractivity contribution in [3.05, 3.63) is 36.2 Å². The average Bonchev–Trinajstić information content (AvgIpc) is 3.06.